The van der Waals surface area contributed by atoms with Crippen LogP contribution in [0, 0.1) is 23.7 Å². The van der Waals surface area contributed by atoms with Crippen LogP contribution in [0.15, 0.2) is 0 Å². The van der Waals surface area contributed by atoms with Crippen LogP contribution in [0.3, 0.4) is 0 Å². The van der Waals surface area contributed by atoms with Crippen molar-refractivity contribution in [2.45, 2.75) is 63.8 Å². The van der Waals surface area contributed by atoms with Gasteiger partial charge in [-0.3, -0.25) is 0 Å². The molecule has 5 atom stereocenters. The van der Waals surface area contributed by atoms with Crippen LogP contribution in [0.1, 0.15) is 57.8 Å². The fraction of sp³-hybridized carbons (Fsp3) is 1.00. The van der Waals surface area contributed by atoms with Crippen molar-refractivity contribution in [3.63, 3.8) is 0 Å². The third-order valence-corrected chi connectivity index (χ3v) is 5.77. The number of nitrogens with one attached hydrogen (secondary N) is 1. The molecule has 0 aromatic rings. The molecule has 0 amide bonds. The summed E-state index contributed by atoms with van der Waals surface area (Å²) in [5.74, 6) is 4.37. The lowest BCUT2D eigenvalue weighted by molar-refractivity contribution is 0.193. The zero-order chi connectivity index (χ0) is 11.0. The van der Waals surface area contributed by atoms with Gasteiger partial charge in [-0.05, 0) is 69.2 Å². The van der Waals surface area contributed by atoms with E-state index in [9.17, 15) is 0 Å². The van der Waals surface area contributed by atoms with E-state index in [4.69, 9.17) is 0 Å². The third-order valence-electron chi connectivity index (χ3n) is 5.77. The second-order valence-electron chi connectivity index (χ2n) is 6.61. The minimum atomic E-state index is 0.841. The van der Waals surface area contributed by atoms with Gasteiger partial charge in [0.2, 0.25) is 0 Å². The van der Waals surface area contributed by atoms with E-state index in [1.165, 1.54) is 25.7 Å². The molecule has 1 nitrogen and oxygen atoms in total. The summed E-state index contributed by atoms with van der Waals surface area (Å²) in [5.41, 5.74) is 0. The van der Waals surface area contributed by atoms with E-state index in [-0.39, 0.29) is 0 Å². The average molecular weight is 221 g/mol. The average Bonchev–Trinajstić information content (AvgIpc) is 2.92. The van der Waals surface area contributed by atoms with Gasteiger partial charge < -0.3 is 5.32 Å². The molecule has 3 rings (SSSR count). The highest BCUT2D eigenvalue weighted by Gasteiger charge is 2.41. The van der Waals surface area contributed by atoms with E-state index >= 15 is 0 Å². The molecule has 3 saturated carbocycles. The van der Waals surface area contributed by atoms with Gasteiger partial charge in [-0.1, -0.05) is 19.3 Å². The summed E-state index contributed by atoms with van der Waals surface area (Å²) in [6, 6.07) is 0.841. The maximum absolute atomic E-state index is 3.57. The van der Waals surface area contributed by atoms with E-state index in [1.807, 2.05) is 0 Å². The number of hydrogen-bond donors (Lipinski definition) is 1. The maximum Gasteiger partial charge on any atom is 0.00924 e. The lowest BCUT2D eigenvalue weighted by Gasteiger charge is -2.35. The molecular formula is C15H27N. The smallest absolute Gasteiger partial charge is 0.00924 e. The Bertz CT molecular complexity index is 238. The van der Waals surface area contributed by atoms with Crippen LogP contribution < -0.4 is 5.32 Å². The number of fused-ring (bicyclic) bond motifs is 2. The Balaban J connectivity index is 1.56. The zero-order valence-electron chi connectivity index (χ0n) is 10.8. The molecule has 0 heterocycles. The summed E-state index contributed by atoms with van der Waals surface area (Å²) in [6.45, 7) is 0. The normalized spacial score (nSPS) is 47.4. The van der Waals surface area contributed by atoms with Gasteiger partial charge >= 0.3 is 0 Å². The molecule has 16 heavy (non-hydrogen) atoms. The molecule has 3 aliphatic carbocycles. The van der Waals surface area contributed by atoms with Gasteiger partial charge in [0.25, 0.3) is 0 Å². The van der Waals surface area contributed by atoms with Crippen molar-refractivity contribution in [1.29, 1.82) is 0 Å². The van der Waals surface area contributed by atoms with Gasteiger partial charge in [-0.2, -0.15) is 0 Å². The zero-order valence-corrected chi connectivity index (χ0v) is 10.8. The quantitative estimate of drug-likeness (QED) is 0.768. The van der Waals surface area contributed by atoms with Crippen molar-refractivity contribution >= 4 is 0 Å². The predicted octanol–water partition coefficient (Wildman–Crippen LogP) is 3.59. The first-order valence-electron chi connectivity index (χ1n) is 7.54. The van der Waals surface area contributed by atoms with E-state index in [0.29, 0.717) is 0 Å². The fourth-order valence-corrected chi connectivity index (χ4v) is 4.92. The highest BCUT2D eigenvalue weighted by atomic mass is 14.9. The highest BCUT2D eigenvalue weighted by Crippen LogP contribution is 2.51. The largest absolute Gasteiger partial charge is 0.317 e. The Morgan fingerprint density at radius 2 is 1.81 bits per heavy atom. The molecule has 0 aliphatic heterocycles. The van der Waals surface area contributed by atoms with Crippen molar-refractivity contribution < 1.29 is 0 Å². The Morgan fingerprint density at radius 1 is 0.938 bits per heavy atom. The molecule has 1 heteroatoms. The Hall–Kier alpha value is -0.0400. The Morgan fingerprint density at radius 3 is 2.50 bits per heavy atom. The maximum atomic E-state index is 3.57. The standard InChI is InChI=1S/C15H27N/c1-16-15-5-3-2-4-13(15)10-14-9-11-6-7-12(14)8-11/h11-16H,2-10H2,1H3. The molecule has 0 spiro atoms. The lowest BCUT2D eigenvalue weighted by atomic mass is 9.75. The van der Waals surface area contributed by atoms with E-state index < -0.39 is 0 Å². The summed E-state index contributed by atoms with van der Waals surface area (Å²) < 4.78 is 0. The third kappa shape index (κ3) is 2.03. The predicted molar refractivity (Wildman–Crippen MR) is 68.4 cm³/mol. The minimum absolute atomic E-state index is 0.841. The molecule has 0 radical (unpaired) electrons. The fourth-order valence-electron chi connectivity index (χ4n) is 4.92. The minimum Gasteiger partial charge on any atom is -0.317 e. The van der Waals surface area contributed by atoms with Gasteiger partial charge in [0.15, 0.2) is 0 Å². The molecule has 3 aliphatic rings. The summed E-state index contributed by atoms with van der Waals surface area (Å²) in [5, 5.41) is 3.57. The molecular weight excluding hydrogens is 194 g/mol. The van der Waals surface area contributed by atoms with E-state index in [1.54, 1.807) is 32.1 Å². The van der Waals surface area contributed by atoms with Crippen LogP contribution in [0.2, 0.25) is 0 Å². The molecule has 1 N–H and O–H groups in total. The van der Waals surface area contributed by atoms with Gasteiger partial charge in [-0.15, -0.1) is 0 Å². The van der Waals surface area contributed by atoms with Crippen molar-refractivity contribution in [2.24, 2.45) is 23.7 Å². The summed E-state index contributed by atoms with van der Waals surface area (Å²) in [7, 11) is 2.17. The first kappa shape index (κ1) is 11.1. The van der Waals surface area contributed by atoms with Crippen molar-refractivity contribution in [2.75, 3.05) is 7.05 Å². The van der Waals surface area contributed by atoms with Crippen LogP contribution in [0.5, 0.6) is 0 Å². The monoisotopic (exact) mass is 221 g/mol. The van der Waals surface area contributed by atoms with Gasteiger partial charge in [0, 0.05) is 6.04 Å². The second kappa shape index (κ2) is 4.68. The molecule has 2 bridgehead atoms. The van der Waals surface area contributed by atoms with E-state index in [0.717, 1.165) is 29.7 Å². The van der Waals surface area contributed by atoms with Crippen molar-refractivity contribution in [3.05, 3.63) is 0 Å². The van der Waals surface area contributed by atoms with E-state index in [2.05, 4.69) is 12.4 Å². The van der Waals surface area contributed by atoms with Crippen molar-refractivity contribution in [1.82, 2.24) is 5.32 Å². The SMILES string of the molecule is CNC1CCCCC1CC1CC2CCC1C2. The summed E-state index contributed by atoms with van der Waals surface area (Å²) in [6.07, 6.45) is 13.7. The van der Waals surface area contributed by atoms with Gasteiger partial charge in [0.05, 0.1) is 0 Å². The van der Waals surface area contributed by atoms with Crippen LogP contribution in [0.4, 0.5) is 0 Å². The lowest BCUT2D eigenvalue weighted by Crippen LogP contribution is -2.37. The first-order valence-corrected chi connectivity index (χ1v) is 7.54. The summed E-state index contributed by atoms with van der Waals surface area (Å²) >= 11 is 0. The molecule has 0 aromatic heterocycles. The molecule has 0 aromatic carbocycles. The molecule has 3 fully saturated rings. The Labute approximate surface area is 100 Å². The second-order valence-corrected chi connectivity index (χ2v) is 6.61. The molecule has 5 unspecified atom stereocenters. The van der Waals surface area contributed by atoms with Crippen molar-refractivity contribution in [3.8, 4) is 0 Å². The summed E-state index contributed by atoms with van der Waals surface area (Å²) in [4.78, 5) is 0. The van der Waals surface area contributed by atoms with Crippen LogP contribution >= 0.6 is 0 Å². The molecule has 92 valence electrons. The number of rotatable bonds is 3. The number of hydrogen-bond acceptors (Lipinski definition) is 1. The van der Waals surface area contributed by atoms with Gasteiger partial charge in [-0.25, -0.2) is 0 Å². The Kier molecular flexibility index (Phi) is 3.24. The highest BCUT2D eigenvalue weighted by molar-refractivity contribution is 4.92. The first-order chi connectivity index (χ1) is 7.86. The van der Waals surface area contributed by atoms with Crippen LogP contribution in [0.25, 0.3) is 0 Å². The van der Waals surface area contributed by atoms with Crippen LogP contribution in [-0.4, -0.2) is 13.1 Å². The molecule has 0 saturated heterocycles. The topological polar surface area (TPSA) is 12.0 Å². The van der Waals surface area contributed by atoms with Crippen LogP contribution in [-0.2, 0) is 0 Å². The van der Waals surface area contributed by atoms with Gasteiger partial charge in [0.1, 0.15) is 0 Å².